The molecule has 1 aliphatic rings. The molecule has 0 saturated carbocycles. The fraction of sp³-hybridized carbons (Fsp3) is 0.286. The average molecular weight is 503 g/mol. The van der Waals surface area contributed by atoms with Crippen LogP contribution in [0.4, 0.5) is 4.79 Å². The first-order chi connectivity index (χ1) is 17.6. The smallest absolute Gasteiger partial charge is 0.335 e. The number of aromatic carboxylic acids is 1. The van der Waals surface area contributed by atoms with Crippen molar-refractivity contribution in [2.45, 2.75) is 39.4 Å². The summed E-state index contributed by atoms with van der Waals surface area (Å²) in [4.78, 5) is 50.6. The standard InChI is InChI=1S/C28H30N4O5/c1-5-25(34)29-13-20-8-11-23-22(12-20)26-17(2)14-31(28(37)30(4)18(3)33)16-24(26)32(23)15-19-6-9-21(10-7-19)27(35)36/h5-12,17H,1,13-16H2,2-4H3,(H,29,34)(H,35,36). The van der Waals surface area contributed by atoms with Crippen LogP contribution in [0.2, 0.25) is 0 Å². The van der Waals surface area contributed by atoms with E-state index in [2.05, 4.69) is 29.5 Å². The zero-order chi connectivity index (χ0) is 26.9. The highest BCUT2D eigenvalue weighted by Crippen LogP contribution is 2.38. The van der Waals surface area contributed by atoms with Gasteiger partial charge in [0.15, 0.2) is 0 Å². The lowest BCUT2D eigenvalue weighted by Crippen LogP contribution is -2.46. The van der Waals surface area contributed by atoms with Gasteiger partial charge in [0, 0.05) is 56.1 Å². The van der Waals surface area contributed by atoms with E-state index in [9.17, 15) is 24.3 Å². The van der Waals surface area contributed by atoms with Crippen molar-refractivity contribution in [3.05, 3.63) is 83.1 Å². The highest BCUT2D eigenvalue weighted by atomic mass is 16.4. The molecule has 1 aromatic heterocycles. The van der Waals surface area contributed by atoms with Gasteiger partial charge in [-0.05, 0) is 47.0 Å². The van der Waals surface area contributed by atoms with E-state index in [0.717, 1.165) is 38.2 Å². The number of carboxylic acid groups (broad SMARTS) is 1. The predicted molar refractivity (Wildman–Crippen MR) is 139 cm³/mol. The minimum atomic E-state index is -0.982. The van der Waals surface area contributed by atoms with Crippen LogP contribution in [0, 0.1) is 0 Å². The van der Waals surface area contributed by atoms with Crippen LogP contribution in [0.1, 0.15) is 52.5 Å². The van der Waals surface area contributed by atoms with Crippen molar-refractivity contribution >= 4 is 34.7 Å². The Morgan fingerprint density at radius 1 is 1.14 bits per heavy atom. The van der Waals surface area contributed by atoms with E-state index < -0.39 is 5.97 Å². The number of benzene rings is 2. The van der Waals surface area contributed by atoms with Crippen LogP contribution in [0.15, 0.2) is 55.1 Å². The summed E-state index contributed by atoms with van der Waals surface area (Å²) in [5.41, 5.74) is 5.15. The van der Waals surface area contributed by atoms with Crippen molar-refractivity contribution < 1.29 is 24.3 Å². The summed E-state index contributed by atoms with van der Waals surface area (Å²) in [6.45, 7) is 8.55. The summed E-state index contributed by atoms with van der Waals surface area (Å²) >= 11 is 0. The van der Waals surface area contributed by atoms with E-state index in [-0.39, 0.29) is 29.3 Å². The number of fused-ring (bicyclic) bond motifs is 3. The normalized spacial score (nSPS) is 14.7. The third kappa shape index (κ3) is 5.11. The number of rotatable bonds is 6. The van der Waals surface area contributed by atoms with E-state index in [1.165, 1.54) is 20.0 Å². The first kappa shape index (κ1) is 25.7. The van der Waals surface area contributed by atoms with Crippen LogP contribution in [-0.4, -0.2) is 56.9 Å². The Morgan fingerprint density at radius 2 is 1.81 bits per heavy atom. The molecule has 2 N–H and O–H groups in total. The van der Waals surface area contributed by atoms with E-state index in [4.69, 9.17) is 0 Å². The number of amides is 4. The van der Waals surface area contributed by atoms with Crippen molar-refractivity contribution in [2.24, 2.45) is 0 Å². The quantitative estimate of drug-likeness (QED) is 0.499. The molecular formula is C28H30N4O5. The van der Waals surface area contributed by atoms with Crippen molar-refractivity contribution in [1.82, 2.24) is 19.7 Å². The summed E-state index contributed by atoms with van der Waals surface area (Å²) in [6.07, 6.45) is 1.23. The number of hydrogen-bond acceptors (Lipinski definition) is 4. The molecule has 1 unspecified atom stereocenters. The minimum Gasteiger partial charge on any atom is -0.478 e. The molecule has 2 heterocycles. The highest BCUT2D eigenvalue weighted by molar-refractivity contribution is 5.94. The van der Waals surface area contributed by atoms with Gasteiger partial charge >= 0.3 is 12.0 Å². The molecule has 9 nitrogen and oxygen atoms in total. The molecule has 9 heteroatoms. The molecule has 0 saturated heterocycles. The van der Waals surface area contributed by atoms with Crippen molar-refractivity contribution in [2.75, 3.05) is 13.6 Å². The number of carbonyl (C=O) groups excluding carboxylic acids is 3. The summed E-state index contributed by atoms with van der Waals surface area (Å²) in [5, 5.41) is 13.1. The molecule has 0 spiro atoms. The number of nitrogens with zero attached hydrogens (tertiary/aromatic N) is 3. The molecule has 3 aromatic rings. The third-order valence-electron chi connectivity index (χ3n) is 6.83. The second-order valence-electron chi connectivity index (χ2n) is 9.36. The Morgan fingerprint density at radius 3 is 2.43 bits per heavy atom. The molecular weight excluding hydrogens is 472 g/mol. The maximum absolute atomic E-state index is 13.0. The van der Waals surface area contributed by atoms with Gasteiger partial charge in [-0.15, -0.1) is 0 Å². The van der Waals surface area contributed by atoms with Crippen LogP contribution >= 0.6 is 0 Å². The van der Waals surface area contributed by atoms with E-state index in [1.54, 1.807) is 29.2 Å². The van der Waals surface area contributed by atoms with Crippen molar-refractivity contribution in [1.29, 1.82) is 0 Å². The fourth-order valence-corrected chi connectivity index (χ4v) is 4.85. The zero-order valence-corrected chi connectivity index (χ0v) is 21.2. The monoisotopic (exact) mass is 502 g/mol. The van der Waals surface area contributed by atoms with E-state index in [0.29, 0.717) is 26.2 Å². The van der Waals surface area contributed by atoms with Crippen LogP contribution in [0.3, 0.4) is 0 Å². The summed E-state index contributed by atoms with van der Waals surface area (Å²) in [6, 6.07) is 12.4. The lowest BCUT2D eigenvalue weighted by molar-refractivity contribution is -0.125. The molecule has 0 fully saturated rings. The molecule has 0 radical (unpaired) electrons. The third-order valence-corrected chi connectivity index (χ3v) is 6.83. The molecule has 2 aromatic carbocycles. The van der Waals surface area contributed by atoms with Crippen LogP contribution in [0.25, 0.3) is 10.9 Å². The van der Waals surface area contributed by atoms with Gasteiger partial charge in [-0.2, -0.15) is 0 Å². The highest BCUT2D eigenvalue weighted by Gasteiger charge is 2.33. The van der Waals surface area contributed by atoms with Crippen LogP contribution in [-0.2, 0) is 29.2 Å². The largest absolute Gasteiger partial charge is 0.478 e. The number of carbonyl (C=O) groups is 4. The maximum atomic E-state index is 13.0. The van der Waals surface area contributed by atoms with Gasteiger partial charge in [-0.3, -0.25) is 14.5 Å². The zero-order valence-electron chi connectivity index (χ0n) is 21.2. The van der Waals surface area contributed by atoms with Crippen molar-refractivity contribution in [3.63, 3.8) is 0 Å². The topological polar surface area (TPSA) is 112 Å². The molecule has 192 valence electrons. The van der Waals surface area contributed by atoms with E-state index >= 15 is 0 Å². The first-order valence-corrected chi connectivity index (χ1v) is 12.0. The number of imide groups is 1. The molecule has 1 atom stereocenters. The summed E-state index contributed by atoms with van der Waals surface area (Å²) < 4.78 is 2.15. The van der Waals surface area contributed by atoms with Crippen LogP contribution in [0.5, 0.6) is 0 Å². The Kier molecular flexibility index (Phi) is 7.15. The average Bonchev–Trinajstić information content (AvgIpc) is 3.19. The summed E-state index contributed by atoms with van der Waals surface area (Å²) in [5.74, 6) is -1.55. The Balaban J connectivity index is 1.79. The lowest BCUT2D eigenvalue weighted by Gasteiger charge is -2.34. The Labute approximate surface area is 215 Å². The second kappa shape index (κ2) is 10.3. The van der Waals surface area contributed by atoms with Gasteiger partial charge in [0.1, 0.15) is 0 Å². The number of nitrogens with one attached hydrogen (secondary N) is 1. The van der Waals surface area contributed by atoms with Gasteiger partial charge in [0.2, 0.25) is 11.8 Å². The second-order valence-corrected chi connectivity index (χ2v) is 9.36. The molecule has 0 bridgehead atoms. The SMILES string of the molecule is C=CC(=O)NCc1ccc2c(c1)c1c(n2Cc2ccc(C(=O)O)cc2)CN(C(=O)N(C)C(C)=O)CC1C. The first-order valence-electron chi connectivity index (χ1n) is 12.0. The number of aromatic nitrogens is 1. The molecule has 0 aliphatic carbocycles. The number of urea groups is 1. The summed E-state index contributed by atoms with van der Waals surface area (Å²) in [7, 11) is 1.48. The molecule has 4 rings (SSSR count). The van der Waals surface area contributed by atoms with Gasteiger partial charge in [0.05, 0.1) is 12.1 Å². The van der Waals surface area contributed by atoms with Crippen LogP contribution < -0.4 is 5.32 Å². The number of hydrogen-bond donors (Lipinski definition) is 2. The maximum Gasteiger partial charge on any atom is 0.335 e. The van der Waals surface area contributed by atoms with Gasteiger partial charge in [-0.1, -0.05) is 31.7 Å². The Hall–Kier alpha value is -4.40. The number of carboxylic acids is 1. The fourth-order valence-electron chi connectivity index (χ4n) is 4.85. The predicted octanol–water partition coefficient (Wildman–Crippen LogP) is 3.71. The Bertz CT molecular complexity index is 1410. The molecule has 37 heavy (non-hydrogen) atoms. The van der Waals surface area contributed by atoms with E-state index in [1.807, 2.05) is 12.1 Å². The lowest BCUT2D eigenvalue weighted by atomic mass is 9.93. The van der Waals surface area contributed by atoms with Gasteiger partial charge < -0.3 is 19.9 Å². The molecule has 4 amide bonds. The van der Waals surface area contributed by atoms with Gasteiger partial charge in [-0.25, -0.2) is 9.59 Å². The minimum absolute atomic E-state index is 0.00390. The molecule has 1 aliphatic heterocycles. The van der Waals surface area contributed by atoms with Gasteiger partial charge in [0.25, 0.3) is 0 Å². The van der Waals surface area contributed by atoms with Crippen molar-refractivity contribution in [3.8, 4) is 0 Å².